The molecule has 0 fully saturated rings. The minimum absolute atomic E-state index is 0.0420. The van der Waals surface area contributed by atoms with E-state index in [1.165, 1.54) is 0 Å². The van der Waals surface area contributed by atoms with Crippen molar-refractivity contribution < 1.29 is 4.79 Å². The van der Waals surface area contributed by atoms with Crippen molar-refractivity contribution in [3.8, 4) is 0 Å². The second kappa shape index (κ2) is 6.02. The maximum absolute atomic E-state index is 12.6. The van der Waals surface area contributed by atoms with Crippen molar-refractivity contribution in [2.45, 2.75) is 26.8 Å². The predicted molar refractivity (Wildman–Crippen MR) is 82.8 cm³/mol. The summed E-state index contributed by atoms with van der Waals surface area (Å²) in [7, 11) is 0. The molecule has 1 atom stereocenters. The molecule has 2 N–H and O–H groups in total. The number of aryl methyl sites for hydroxylation is 1. The standard InChI is InChI=1S/C18H21NO/c1-12(2)17(19)14-8-6-9-15(11-14)18(20)16-10-5-4-7-13(16)3/h4-12,17H,19H2,1-3H3. The molecule has 2 aromatic rings. The van der Waals surface area contributed by atoms with Gasteiger partial charge < -0.3 is 5.73 Å². The second-order valence-corrected chi connectivity index (χ2v) is 5.54. The van der Waals surface area contributed by atoms with Crippen LogP contribution in [0.4, 0.5) is 0 Å². The summed E-state index contributed by atoms with van der Waals surface area (Å²) in [6, 6.07) is 15.3. The maximum Gasteiger partial charge on any atom is 0.193 e. The van der Waals surface area contributed by atoms with E-state index in [-0.39, 0.29) is 11.8 Å². The topological polar surface area (TPSA) is 43.1 Å². The van der Waals surface area contributed by atoms with Crippen LogP contribution in [0.25, 0.3) is 0 Å². The minimum Gasteiger partial charge on any atom is -0.324 e. The zero-order chi connectivity index (χ0) is 14.7. The Hall–Kier alpha value is -1.93. The van der Waals surface area contributed by atoms with Gasteiger partial charge in [0.15, 0.2) is 5.78 Å². The average Bonchev–Trinajstić information content (AvgIpc) is 2.46. The molecule has 0 aliphatic carbocycles. The fourth-order valence-electron chi connectivity index (χ4n) is 2.26. The Kier molecular flexibility index (Phi) is 4.35. The van der Waals surface area contributed by atoms with Gasteiger partial charge >= 0.3 is 0 Å². The smallest absolute Gasteiger partial charge is 0.193 e. The lowest BCUT2D eigenvalue weighted by Gasteiger charge is -2.16. The van der Waals surface area contributed by atoms with Crippen molar-refractivity contribution in [3.05, 3.63) is 70.8 Å². The number of hydrogen-bond donors (Lipinski definition) is 1. The molecule has 0 heterocycles. The second-order valence-electron chi connectivity index (χ2n) is 5.54. The summed E-state index contributed by atoms with van der Waals surface area (Å²) in [4.78, 5) is 12.6. The molecule has 2 nitrogen and oxygen atoms in total. The molecule has 0 amide bonds. The Balaban J connectivity index is 2.37. The lowest BCUT2D eigenvalue weighted by molar-refractivity contribution is 0.103. The van der Waals surface area contributed by atoms with Gasteiger partial charge in [0.25, 0.3) is 0 Å². The number of rotatable bonds is 4. The number of ketones is 1. The van der Waals surface area contributed by atoms with Gasteiger partial charge in [-0.25, -0.2) is 0 Å². The van der Waals surface area contributed by atoms with Crippen LogP contribution in [-0.2, 0) is 0 Å². The SMILES string of the molecule is Cc1ccccc1C(=O)c1cccc(C(N)C(C)C)c1. The first-order valence-electron chi connectivity index (χ1n) is 6.96. The van der Waals surface area contributed by atoms with Gasteiger partial charge in [-0.3, -0.25) is 4.79 Å². The summed E-state index contributed by atoms with van der Waals surface area (Å²) in [6.45, 7) is 6.12. The van der Waals surface area contributed by atoms with Gasteiger partial charge in [0.2, 0.25) is 0 Å². The largest absolute Gasteiger partial charge is 0.324 e. The molecule has 2 heteroatoms. The molecular weight excluding hydrogens is 246 g/mol. The average molecular weight is 267 g/mol. The molecule has 0 saturated carbocycles. The molecule has 0 bridgehead atoms. The summed E-state index contributed by atoms with van der Waals surface area (Å²) in [6.07, 6.45) is 0. The highest BCUT2D eigenvalue weighted by atomic mass is 16.1. The molecule has 20 heavy (non-hydrogen) atoms. The van der Waals surface area contributed by atoms with Crippen LogP contribution >= 0.6 is 0 Å². The fraction of sp³-hybridized carbons (Fsp3) is 0.278. The van der Waals surface area contributed by atoms with Gasteiger partial charge in [0.1, 0.15) is 0 Å². The highest BCUT2D eigenvalue weighted by Gasteiger charge is 2.15. The lowest BCUT2D eigenvalue weighted by Crippen LogP contribution is -2.17. The summed E-state index contributed by atoms with van der Waals surface area (Å²) in [5, 5.41) is 0. The van der Waals surface area contributed by atoms with Crippen LogP contribution in [0.2, 0.25) is 0 Å². The minimum atomic E-state index is -0.0420. The Morgan fingerprint density at radius 3 is 2.40 bits per heavy atom. The van der Waals surface area contributed by atoms with E-state index >= 15 is 0 Å². The van der Waals surface area contributed by atoms with Gasteiger partial charge in [-0.1, -0.05) is 56.3 Å². The van der Waals surface area contributed by atoms with Crippen molar-refractivity contribution in [2.75, 3.05) is 0 Å². The number of carbonyl (C=O) groups is 1. The van der Waals surface area contributed by atoms with Gasteiger partial charge in [-0.2, -0.15) is 0 Å². The van der Waals surface area contributed by atoms with Gasteiger partial charge in [0.05, 0.1) is 0 Å². The lowest BCUT2D eigenvalue weighted by atomic mass is 9.93. The molecule has 2 aromatic carbocycles. The van der Waals surface area contributed by atoms with E-state index in [2.05, 4.69) is 13.8 Å². The monoisotopic (exact) mass is 267 g/mol. The van der Waals surface area contributed by atoms with E-state index in [0.29, 0.717) is 11.5 Å². The van der Waals surface area contributed by atoms with E-state index in [1.807, 2.05) is 55.5 Å². The van der Waals surface area contributed by atoms with Crippen molar-refractivity contribution >= 4 is 5.78 Å². The van der Waals surface area contributed by atoms with Crippen molar-refractivity contribution in [2.24, 2.45) is 11.7 Å². The summed E-state index contributed by atoms with van der Waals surface area (Å²) in [5.41, 5.74) is 9.63. The molecule has 0 aliphatic rings. The highest BCUT2D eigenvalue weighted by molar-refractivity contribution is 6.09. The first-order valence-corrected chi connectivity index (χ1v) is 6.96. The number of nitrogens with two attached hydrogens (primary N) is 1. The van der Waals surface area contributed by atoms with E-state index in [9.17, 15) is 4.79 Å². The number of benzene rings is 2. The molecular formula is C18H21NO. The molecule has 2 rings (SSSR count). The van der Waals surface area contributed by atoms with Crippen molar-refractivity contribution in [1.82, 2.24) is 0 Å². The quantitative estimate of drug-likeness (QED) is 0.854. The van der Waals surface area contributed by atoms with Crippen LogP contribution in [-0.4, -0.2) is 5.78 Å². The van der Waals surface area contributed by atoms with Gasteiger partial charge in [0, 0.05) is 17.2 Å². The van der Waals surface area contributed by atoms with Crippen LogP contribution in [0, 0.1) is 12.8 Å². The Morgan fingerprint density at radius 2 is 1.75 bits per heavy atom. The van der Waals surface area contributed by atoms with Crippen molar-refractivity contribution in [1.29, 1.82) is 0 Å². The third-order valence-electron chi connectivity index (χ3n) is 3.64. The molecule has 0 saturated heterocycles. The Bertz CT molecular complexity index is 616. The van der Waals surface area contributed by atoms with Crippen molar-refractivity contribution in [3.63, 3.8) is 0 Å². The highest BCUT2D eigenvalue weighted by Crippen LogP contribution is 2.21. The van der Waals surface area contributed by atoms with Crippen LogP contribution in [0.15, 0.2) is 48.5 Å². The van der Waals surface area contributed by atoms with E-state index in [0.717, 1.165) is 16.7 Å². The van der Waals surface area contributed by atoms with E-state index < -0.39 is 0 Å². The summed E-state index contributed by atoms with van der Waals surface area (Å²) >= 11 is 0. The number of hydrogen-bond acceptors (Lipinski definition) is 2. The Labute approximate surface area is 120 Å². The van der Waals surface area contributed by atoms with Crippen LogP contribution < -0.4 is 5.73 Å². The first-order chi connectivity index (χ1) is 9.50. The normalized spacial score (nSPS) is 12.4. The van der Waals surface area contributed by atoms with Gasteiger partial charge in [-0.05, 0) is 30.0 Å². The molecule has 104 valence electrons. The third kappa shape index (κ3) is 2.97. The first kappa shape index (κ1) is 14.5. The number of carbonyl (C=O) groups excluding carboxylic acids is 1. The molecule has 1 unspecified atom stereocenters. The molecule has 0 spiro atoms. The van der Waals surface area contributed by atoms with E-state index in [1.54, 1.807) is 0 Å². The summed E-state index contributed by atoms with van der Waals surface area (Å²) < 4.78 is 0. The molecule has 0 aliphatic heterocycles. The van der Waals surface area contributed by atoms with Crippen LogP contribution in [0.5, 0.6) is 0 Å². The molecule has 0 radical (unpaired) electrons. The summed E-state index contributed by atoms with van der Waals surface area (Å²) in [5.74, 6) is 0.403. The predicted octanol–water partition coefficient (Wildman–Crippen LogP) is 3.88. The van der Waals surface area contributed by atoms with Gasteiger partial charge in [-0.15, -0.1) is 0 Å². The fourth-order valence-corrected chi connectivity index (χ4v) is 2.26. The third-order valence-corrected chi connectivity index (χ3v) is 3.64. The maximum atomic E-state index is 12.6. The zero-order valence-electron chi connectivity index (χ0n) is 12.3. The molecule has 0 aromatic heterocycles. The van der Waals surface area contributed by atoms with E-state index in [4.69, 9.17) is 5.73 Å². The van der Waals surface area contributed by atoms with Crippen LogP contribution in [0.3, 0.4) is 0 Å². The Morgan fingerprint density at radius 1 is 1.05 bits per heavy atom. The zero-order valence-corrected chi connectivity index (χ0v) is 12.3. The van der Waals surface area contributed by atoms with Crippen LogP contribution in [0.1, 0.15) is 46.9 Å².